The number of nitrogens with one attached hydrogen (secondary N) is 1. The van der Waals surface area contributed by atoms with Crippen molar-refractivity contribution in [1.82, 2.24) is 4.98 Å². The van der Waals surface area contributed by atoms with E-state index >= 15 is 0 Å². The molecule has 0 fully saturated rings. The van der Waals surface area contributed by atoms with Crippen molar-refractivity contribution in [2.45, 2.75) is 27.2 Å². The van der Waals surface area contributed by atoms with Gasteiger partial charge in [-0.1, -0.05) is 13.8 Å². The number of anilines is 1. The summed E-state index contributed by atoms with van der Waals surface area (Å²) in [5.74, 6) is 0.510. The first-order valence-corrected chi connectivity index (χ1v) is 7.88. The van der Waals surface area contributed by atoms with Crippen LogP contribution in [-0.4, -0.2) is 19.2 Å². The van der Waals surface area contributed by atoms with E-state index in [1.165, 1.54) is 0 Å². The molecule has 0 radical (unpaired) electrons. The topological polar surface area (TPSA) is 59.1 Å². The molecule has 0 aliphatic heterocycles. The van der Waals surface area contributed by atoms with Crippen LogP contribution in [0.5, 0.6) is 0 Å². The van der Waals surface area contributed by atoms with Crippen LogP contribution < -0.4 is 4.72 Å². The van der Waals surface area contributed by atoms with E-state index in [1.54, 1.807) is 19.1 Å². The molecule has 1 aromatic heterocycles. The Morgan fingerprint density at radius 2 is 2.06 bits per heavy atom. The van der Waals surface area contributed by atoms with Crippen molar-refractivity contribution < 1.29 is 8.42 Å². The van der Waals surface area contributed by atoms with Crippen molar-refractivity contribution in [1.29, 1.82) is 0 Å². The highest BCUT2D eigenvalue weighted by Gasteiger charge is 2.13. The Hall–Kier alpha value is -0.620. The van der Waals surface area contributed by atoms with Gasteiger partial charge in [0.05, 0.1) is 17.1 Å². The molecule has 1 aromatic rings. The molecular weight excluding hydrogens is 304 g/mol. The predicted molar refractivity (Wildman–Crippen MR) is 73.5 cm³/mol. The van der Waals surface area contributed by atoms with Crippen LogP contribution in [-0.2, 0) is 10.0 Å². The van der Waals surface area contributed by atoms with Crippen molar-refractivity contribution in [3.8, 4) is 0 Å². The van der Waals surface area contributed by atoms with Crippen molar-refractivity contribution in [3.05, 3.63) is 22.4 Å². The van der Waals surface area contributed by atoms with Crippen molar-refractivity contribution >= 4 is 31.6 Å². The van der Waals surface area contributed by atoms with E-state index in [-0.39, 0.29) is 5.75 Å². The lowest BCUT2D eigenvalue weighted by atomic mass is 10.2. The Labute approximate surface area is 111 Å². The lowest BCUT2D eigenvalue weighted by Crippen LogP contribution is -2.18. The Bertz CT molecular complexity index is 486. The number of sulfonamides is 1. The molecule has 4 nitrogen and oxygen atoms in total. The first kappa shape index (κ1) is 14.4. The molecule has 96 valence electrons. The van der Waals surface area contributed by atoms with Gasteiger partial charge in [0.1, 0.15) is 4.60 Å². The summed E-state index contributed by atoms with van der Waals surface area (Å²) in [4.78, 5) is 4.14. The molecule has 0 unspecified atom stereocenters. The summed E-state index contributed by atoms with van der Waals surface area (Å²) in [5, 5.41) is 0. The summed E-state index contributed by atoms with van der Waals surface area (Å²) >= 11 is 3.24. The van der Waals surface area contributed by atoms with Gasteiger partial charge >= 0.3 is 0 Å². The van der Waals surface area contributed by atoms with E-state index in [1.807, 2.05) is 13.8 Å². The zero-order valence-corrected chi connectivity index (χ0v) is 12.6. The van der Waals surface area contributed by atoms with Gasteiger partial charge in [-0.05, 0) is 47.3 Å². The Kier molecular flexibility index (Phi) is 4.94. The number of hydrogen-bond acceptors (Lipinski definition) is 3. The molecule has 0 saturated carbocycles. The van der Waals surface area contributed by atoms with Gasteiger partial charge in [0.2, 0.25) is 10.0 Å². The van der Waals surface area contributed by atoms with Crippen LogP contribution in [0.3, 0.4) is 0 Å². The minimum Gasteiger partial charge on any atom is -0.282 e. The predicted octanol–water partition coefficient (Wildman–Crippen LogP) is 2.94. The van der Waals surface area contributed by atoms with Gasteiger partial charge in [-0.3, -0.25) is 4.72 Å². The van der Waals surface area contributed by atoms with Crippen molar-refractivity contribution in [3.63, 3.8) is 0 Å². The molecule has 0 atom stereocenters. The standard InChI is InChI=1S/C11H17BrN2O2S/c1-8(2)6-7-17(15,16)14-10-4-5-11(12)13-9(10)3/h4-5,8,14H,6-7H2,1-3H3. The molecule has 1 N–H and O–H groups in total. The van der Waals surface area contributed by atoms with Gasteiger partial charge < -0.3 is 0 Å². The van der Waals surface area contributed by atoms with Crippen LogP contribution >= 0.6 is 15.9 Å². The average Bonchev–Trinajstić information content (AvgIpc) is 2.20. The number of aromatic nitrogens is 1. The molecule has 0 aromatic carbocycles. The fraction of sp³-hybridized carbons (Fsp3) is 0.545. The normalized spacial score (nSPS) is 11.8. The van der Waals surface area contributed by atoms with Crippen LogP contribution in [0.2, 0.25) is 0 Å². The Balaban J connectivity index is 2.76. The minimum absolute atomic E-state index is 0.139. The zero-order valence-electron chi connectivity index (χ0n) is 10.2. The first-order valence-electron chi connectivity index (χ1n) is 5.44. The third kappa shape index (κ3) is 5.04. The summed E-state index contributed by atoms with van der Waals surface area (Å²) in [6.45, 7) is 5.77. The molecule has 0 amide bonds. The molecule has 0 saturated heterocycles. The highest BCUT2D eigenvalue weighted by Crippen LogP contribution is 2.18. The number of halogens is 1. The largest absolute Gasteiger partial charge is 0.282 e. The quantitative estimate of drug-likeness (QED) is 0.848. The third-order valence-corrected chi connectivity index (χ3v) is 4.03. The van der Waals surface area contributed by atoms with Gasteiger partial charge in [-0.25, -0.2) is 13.4 Å². The van der Waals surface area contributed by atoms with Crippen LogP contribution in [0.1, 0.15) is 26.0 Å². The molecule has 0 bridgehead atoms. The second-order valence-electron chi connectivity index (χ2n) is 4.37. The molecule has 17 heavy (non-hydrogen) atoms. The van der Waals surface area contributed by atoms with Gasteiger partial charge in [0.25, 0.3) is 0 Å². The monoisotopic (exact) mass is 320 g/mol. The molecule has 6 heteroatoms. The van der Waals surface area contributed by atoms with Gasteiger partial charge in [-0.15, -0.1) is 0 Å². The first-order chi connectivity index (χ1) is 7.80. The minimum atomic E-state index is -3.27. The third-order valence-electron chi connectivity index (χ3n) is 2.28. The van der Waals surface area contributed by atoms with Crippen LogP contribution in [0.15, 0.2) is 16.7 Å². The maximum atomic E-state index is 11.8. The fourth-order valence-corrected chi connectivity index (χ4v) is 3.08. The number of rotatable bonds is 5. The van der Waals surface area contributed by atoms with Gasteiger partial charge in [-0.2, -0.15) is 0 Å². The van der Waals surface area contributed by atoms with Crippen molar-refractivity contribution in [2.75, 3.05) is 10.5 Å². The van der Waals surface area contributed by atoms with Crippen molar-refractivity contribution in [2.24, 2.45) is 5.92 Å². The lowest BCUT2D eigenvalue weighted by molar-refractivity contribution is 0.578. The summed E-state index contributed by atoms with van der Waals surface area (Å²) in [7, 11) is -3.27. The summed E-state index contributed by atoms with van der Waals surface area (Å²) < 4.78 is 26.8. The molecular formula is C11H17BrN2O2S. The molecule has 1 heterocycles. The second kappa shape index (κ2) is 5.82. The van der Waals surface area contributed by atoms with Crippen LogP contribution in [0.4, 0.5) is 5.69 Å². The van der Waals surface area contributed by atoms with E-state index in [0.717, 1.165) is 0 Å². The highest BCUT2D eigenvalue weighted by molar-refractivity contribution is 9.10. The molecule has 0 spiro atoms. The maximum absolute atomic E-state index is 11.8. The summed E-state index contributed by atoms with van der Waals surface area (Å²) in [6, 6.07) is 3.42. The van der Waals surface area contributed by atoms with Gasteiger partial charge in [0.15, 0.2) is 0 Å². The van der Waals surface area contributed by atoms with E-state index in [4.69, 9.17) is 0 Å². The van der Waals surface area contributed by atoms with Crippen LogP contribution in [0.25, 0.3) is 0 Å². The lowest BCUT2D eigenvalue weighted by Gasteiger charge is -2.11. The number of aryl methyl sites for hydroxylation is 1. The SMILES string of the molecule is Cc1nc(Br)ccc1NS(=O)(=O)CCC(C)C. The second-order valence-corrected chi connectivity index (χ2v) is 7.02. The summed E-state index contributed by atoms with van der Waals surface area (Å²) in [6.07, 6.45) is 0.651. The molecule has 0 aliphatic carbocycles. The smallest absolute Gasteiger partial charge is 0.232 e. The van der Waals surface area contributed by atoms with E-state index in [9.17, 15) is 8.42 Å². The highest BCUT2D eigenvalue weighted by atomic mass is 79.9. The van der Waals surface area contributed by atoms with E-state index in [0.29, 0.717) is 28.3 Å². The number of pyridine rings is 1. The van der Waals surface area contributed by atoms with E-state index < -0.39 is 10.0 Å². The number of nitrogens with zero attached hydrogens (tertiary/aromatic N) is 1. The maximum Gasteiger partial charge on any atom is 0.232 e. The average molecular weight is 321 g/mol. The number of hydrogen-bond donors (Lipinski definition) is 1. The van der Waals surface area contributed by atoms with E-state index in [2.05, 4.69) is 25.6 Å². The molecule has 0 aliphatic rings. The fourth-order valence-electron chi connectivity index (χ4n) is 1.25. The zero-order chi connectivity index (χ0) is 13.1. The van der Waals surface area contributed by atoms with Gasteiger partial charge in [0, 0.05) is 0 Å². The van der Waals surface area contributed by atoms with Crippen LogP contribution in [0, 0.1) is 12.8 Å². The Morgan fingerprint density at radius 3 is 2.59 bits per heavy atom. The Morgan fingerprint density at radius 1 is 1.41 bits per heavy atom. The molecule has 1 rings (SSSR count). The summed E-state index contributed by atoms with van der Waals surface area (Å²) in [5.41, 5.74) is 1.20.